The van der Waals surface area contributed by atoms with Crippen LogP contribution >= 0.6 is 0 Å². The third kappa shape index (κ3) is 2.94. The van der Waals surface area contributed by atoms with Crippen LogP contribution in [0.2, 0.25) is 0 Å². The first kappa shape index (κ1) is 17.2. The SMILES string of the molecule is Cc1c(NC(=O)C2CCc3nn(C)c(=O)n3C2)cccc1-c1nncn1C. The summed E-state index contributed by atoms with van der Waals surface area (Å²) in [5, 5.41) is 15.3. The summed E-state index contributed by atoms with van der Waals surface area (Å²) in [6, 6.07) is 5.71. The van der Waals surface area contributed by atoms with Gasteiger partial charge in [0, 0.05) is 38.3 Å². The number of hydrogen-bond donors (Lipinski definition) is 1. The Labute approximate surface area is 155 Å². The van der Waals surface area contributed by atoms with Crippen LogP contribution < -0.4 is 11.0 Å². The number of hydrogen-bond acceptors (Lipinski definition) is 5. The number of aryl methyl sites for hydroxylation is 3. The highest BCUT2D eigenvalue weighted by molar-refractivity contribution is 5.94. The molecule has 1 aliphatic rings. The van der Waals surface area contributed by atoms with Gasteiger partial charge in [-0.25, -0.2) is 9.48 Å². The van der Waals surface area contributed by atoms with Crippen LogP contribution in [-0.4, -0.2) is 35.0 Å². The standard InChI is InChI=1S/C18H21N7O2/c1-11-13(16-21-19-10-23(16)2)5-4-6-14(11)20-17(26)12-7-8-15-22-24(3)18(27)25(15)9-12/h4-6,10,12H,7-9H2,1-3H3,(H,20,26). The van der Waals surface area contributed by atoms with Crippen LogP contribution in [0.25, 0.3) is 11.4 Å². The van der Waals surface area contributed by atoms with Gasteiger partial charge in [-0.2, -0.15) is 5.10 Å². The van der Waals surface area contributed by atoms with Crippen molar-refractivity contribution in [3.05, 3.63) is 46.4 Å². The fourth-order valence-corrected chi connectivity index (χ4v) is 3.53. The number of aromatic nitrogens is 6. The predicted molar refractivity (Wildman–Crippen MR) is 99.1 cm³/mol. The third-order valence-corrected chi connectivity index (χ3v) is 5.12. The molecule has 2 aromatic heterocycles. The van der Waals surface area contributed by atoms with Crippen LogP contribution in [0.15, 0.2) is 29.3 Å². The molecule has 1 unspecified atom stereocenters. The van der Waals surface area contributed by atoms with E-state index < -0.39 is 0 Å². The molecule has 0 fully saturated rings. The summed E-state index contributed by atoms with van der Waals surface area (Å²) in [4.78, 5) is 24.9. The molecule has 0 bridgehead atoms. The fourth-order valence-electron chi connectivity index (χ4n) is 3.53. The van der Waals surface area contributed by atoms with Gasteiger partial charge in [0.25, 0.3) is 0 Å². The van der Waals surface area contributed by atoms with Gasteiger partial charge in [-0.1, -0.05) is 12.1 Å². The molecule has 0 saturated carbocycles. The van der Waals surface area contributed by atoms with Crippen molar-refractivity contribution in [2.75, 3.05) is 5.32 Å². The molecule has 3 aromatic rings. The van der Waals surface area contributed by atoms with Crippen LogP contribution in [0.3, 0.4) is 0 Å². The number of amides is 1. The molecule has 4 rings (SSSR count). The van der Waals surface area contributed by atoms with Gasteiger partial charge in [-0.15, -0.1) is 10.2 Å². The largest absolute Gasteiger partial charge is 0.345 e. The van der Waals surface area contributed by atoms with E-state index >= 15 is 0 Å². The van der Waals surface area contributed by atoms with Crippen molar-refractivity contribution in [2.45, 2.75) is 26.3 Å². The van der Waals surface area contributed by atoms with Gasteiger partial charge in [0.15, 0.2) is 5.82 Å². The summed E-state index contributed by atoms with van der Waals surface area (Å²) in [6.45, 7) is 2.31. The van der Waals surface area contributed by atoms with E-state index in [0.29, 0.717) is 19.4 Å². The Morgan fingerprint density at radius 1 is 1.30 bits per heavy atom. The molecule has 3 heterocycles. The number of nitrogens with one attached hydrogen (secondary N) is 1. The monoisotopic (exact) mass is 367 g/mol. The highest BCUT2D eigenvalue weighted by Gasteiger charge is 2.28. The van der Waals surface area contributed by atoms with E-state index in [0.717, 1.165) is 28.5 Å². The second-order valence-corrected chi connectivity index (χ2v) is 6.90. The van der Waals surface area contributed by atoms with E-state index in [4.69, 9.17) is 0 Å². The molecular weight excluding hydrogens is 346 g/mol. The number of carbonyl (C=O) groups is 1. The number of rotatable bonds is 3. The Morgan fingerprint density at radius 2 is 2.11 bits per heavy atom. The lowest BCUT2D eigenvalue weighted by Crippen LogP contribution is -2.35. The van der Waals surface area contributed by atoms with Gasteiger partial charge in [-0.3, -0.25) is 9.36 Å². The van der Waals surface area contributed by atoms with E-state index in [9.17, 15) is 9.59 Å². The van der Waals surface area contributed by atoms with E-state index in [-0.39, 0.29) is 17.5 Å². The van der Waals surface area contributed by atoms with Crippen molar-refractivity contribution in [1.29, 1.82) is 0 Å². The maximum atomic E-state index is 12.8. The smallest absolute Gasteiger partial charge is 0.326 e. The van der Waals surface area contributed by atoms with Crippen molar-refractivity contribution < 1.29 is 4.79 Å². The minimum Gasteiger partial charge on any atom is -0.326 e. The molecule has 9 nitrogen and oxygen atoms in total. The Hall–Kier alpha value is -3.23. The summed E-state index contributed by atoms with van der Waals surface area (Å²) < 4.78 is 4.76. The second kappa shape index (κ2) is 6.49. The van der Waals surface area contributed by atoms with Crippen molar-refractivity contribution in [3.8, 4) is 11.4 Å². The van der Waals surface area contributed by atoms with Crippen molar-refractivity contribution in [1.82, 2.24) is 29.1 Å². The van der Waals surface area contributed by atoms with Crippen LogP contribution in [0, 0.1) is 12.8 Å². The normalized spacial score (nSPS) is 16.2. The molecule has 9 heteroatoms. The highest BCUT2D eigenvalue weighted by Crippen LogP contribution is 2.28. The van der Waals surface area contributed by atoms with Gasteiger partial charge < -0.3 is 9.88 Å². The maximum Gasteiger partial charge on any atom is 0.345 e. The molecule has 1 atom stereocenters. The van der Waals surface area contributed by atoms with E-state index in [2.05, 4.69) is 20.6 Å². The molecule has 140 valence electrons. The topological polar surface area (TPSA) is 99.6 Å². The highest BCUT2D eigenvalue weighted by atomic mass is 16.2. The first-order chi connectivity index (χ1) is 13.0. The minimum absolute atomic E-state index is 0.0883. The Kier molecular flexibility index (Phi) is 4.14. The Bertz CT molecular complexity index is 1080. The van der Waals surface area contributed by atoms with Gasteiger partial charge in [0.05, 0.1) is 5.92 Å². The molecule has 0 saturated heterocycles. The first-order valence-corrected chi connectivity index (χ1v) is 8.83. The number of fused-ring (bicyclic) bond motifs is 1. The number of nitrogens with zero attached hydrogens (tertiary/aromatic N) is 6. The fraction of sp³-hybridized carbons (Fsp3) is 0.389. The van der Waals surface area contributed by atoms with Gasteiger partial charge in [0.1, 0.15) is 12.2 Å². The summed E-state index contributed by atoms with van der Waals surface area (Å²) in [6.07, 6.45) is 2.93. The Balaban J connectivity index is 1.56. The van der Waals surface area contributed by atoms with Crippen molar-refractivity contribution >= 4 is 11.6 Å². The van der Waals surface area contributed by atoms with Crippen LogP contribution in [0.1, 0.15) is 17.8 Å². The lowest BCUT2D eigenvalue weighted by molar-refractivity contribution is -0.120. The summed E-state index contributed by atoms with van der Waals surface area (Å²) >= 11 is 0. The molecule has 1 amide bonds. The first-order valence-electron chi connectivity index (χ1n) is 8.83. The van der Waals surface area contributed by atoms with Crippen LogP contribution in [0.4, 0.5) is 5.69 Å². The average Bonchev–Trinajstić information content (AvgIpc) is 3.20. The summed E-state index contributed by atoms with van der Waals surface area (Å²) in [5.41, 5.74) is 2.41. The van der Waals surface area contributed by atoms with Crippen LogP contribution in [-0.2, 0) is 31.9 Å². The zero-order chi connectivity index (χ0) is 19.1. The quantitative estimate of drug-likeness (QED) is 0.741. The predicted octanol–water partition coefficient (Wildman–Crippen LogP) is 0.887. The zero-order valence-corrected chi connectivity index (χ0v) is 15.5. The number of anilines is 1. The molecule has 1 aromatic carbocycles. The van der Waals surface area contributed by atoms with Crippen LogP contribution in [0.5, 0.6) is 0 Å². The number of carbonyl (C=O) groups excluding carboxylic acids is 1. The lowest BCUT2D eigenvalue weighted by Gasteiger charge is -2.22. The van der Waals surface area contributed by atoms with E-state index in [1.165, 1.54) is 4.68 Å². The summed E-state index contributed by atoms with van der Waals surface area (Å²) in [7, 11) is 3.51. The molecule has 0 spiro atoms. The van der Waals surface area contributed by atoms with Crippen molar-refractivity contribution in [2.24, 2.45) is 20.0 Å². The Morgan fingerprint density at radius 3 is 2.85 bits per heavy atom. The third-order valence-electron chi connectivity index (χ3n) is 5.12. The second-order valence-electron chi connectivity index (χ2n) is 6.90. The molecular formula is C18H21N7O2. The average molecular weight is 367 g/mol. The maximum absolute atomic E-state index is 12.8. The lowest BCUT2D eigenvalue weighted by atomic mass is 9.98. The van der Waals surface area contributed by atoms with Gasteiger partial charge in [-0.05, 0) is 25.0 Å². The van der Waals surface area contributed by atoms with Gasteiger partial charge in [0.2, 0.25) is 5.91 Å². The minimum atomic E-state index is -0.266. The molecule has 1 aliphatic heterocycles. The summed E-state index contributed by atoms with van der Waals surface area (Å²) in [5.74, 6) is 1.13. The van der Waals surface area contributed by atoms with E-state index in [1.807, 2.05) is 36.7 Å². The molecule has 0 radical (unpaired) electrons. The van der Waals surface area contributed by atoms with Crippen molar-refractivity contribution in [3.63, 3.8) is 0 Å². The molecule has 0 aliphatic carbocycles. The van der Waals surface area contributed by atoms with Gasteiger partial charge >= 0.3 is 5.69 Å². The molecule has 1 N–H and O–H groups in total. The number of benzene rings is 1. The molecule has 27 heavy (non-hydrogen) atoms. The van der Waals surface area contributed by atoms with E-state index in [1.54, 1.807) is 17.9 Å². The zero-order valence-electron chi connectivity index (χ0n) is 15.5.